The number of H-pyrrole nitrogens is 1. The summed E-state index contributed by atoms with van der Waals surface area (Å²) in [5, 5.41) is 3.67. The van der Waals surface area contributed by atoms with Crippen molar-refractivity contribution in [2.45, 2.75) is 51.7 Å². The highest BCUT2D eigenvalue weighted by Crippen LogP contribution is 2.41. The molecule has 1 aromatic rings. The van der Waals surface area contributed by atoms with Gasteiger partial charge in [0.25, 0.3) is 0 Å². The molecular formula is C16H26N4O2. The molecule has 0 aromatic carbocycles. The number of aromatic nitrogens is 2. The smallest absolute Gasteiger partial charge is 0.410 e. The van der Waals surface area contributed by atoms with E-state index in [1.165, 1.54) is 5.69 Å². The highest BCUT2D eigenvalue weighted by Gasteiger charge is 2.50. The normalized spacial score (nSPS) is 25.5. The number of imidazole rings is 1. The Labute approximate surface area is 131 Å². The number of hydrogen-bond acceptors (Lipinski definition) is 4. The molecule has 1 fully saturated rings. The summed E-state index contributed by atoms with van der Waals surface area (Å²) in [6.45, 7) is 10.3. The van der Waals surface area contributed by atoms with Crippen molar-refractivity contribution in [1.82, 2.24) is 20.2 Å². The van der Waals surface area contributed by atoms with E-state index in [4.69, 9.17) is 4.74 Å². The van der Waals surface area contributed by atoms with Crippen LogP contribution in [0.2, 0.25) is 0 Å². The van der Waals surface area contributed by atoms with Gasteiger partial charge >= 0.3 is 6.09 Å². The summed E-state index contributed by atoms with van der Waals surface area (Å²) in [6.07, 6.45) is 3.52. The predicted octanol–water partition coefficient (Wildman–Crippen LogP) is 2.03. The maximum absolute atomic E-state index is 12.1. The monoisotopic (exact) mass is 306 g/mol. The largest absolute Gasteiger partial charge is 0.444 e. The number of ether oxygens (including phenoxy) is 1. The molecule has 0 radical (unpaired) electrons. The first-order valence-electron chi connectivity index (χ1n) is 8.11. The van der Waals surface area contributed by atoms with E-state index in [9.17, 15) is 4.79 Å². The molecule has 6 nitrogen and oxygen atoms in total. The lowest BCUT2D eigenvalue weighted by molar-refractivity contribution is -0.0245. The molecule has 1 aromatic heterocycles. The van der Waals surface area contributed by atoms with Gasteiger partial charge in [-0.2, -0.15) is 0 Å². The highest BCUT2D eigenvalue weighted by atomic mass is 16.6. The van der Waals surface area contributed by atoms with Crippen molar-refractivity contribution >= 4 is 6.09 Å². The van der Waals surface area contributed by atoms with E-state index in [1.54, 1.807) is 11.2 Å². The van der Waals surface area contributed by atoms with Crippen molar-refractivity contribution in [2.24, 2.45) is 5.92 Å². The van der Waals surface area contributed by atoms with Crippen LogP contribution in [0.15, 0.2) is 6.33 Å². The lowest BCUT2D eigenvalue weighted by Crippen LogP contribution is -2.64. The summed E-state index contributed by atoms with van der Waals surface area (Å²) in [5.74, 6) is 0.382. The van der Waals surface area contributed by atoms with Gasteiger partial charge in [0.15, 0.2) is 0 Å². The molecular weight excluding hydrogens is 280 g/mol. The zero-order valence-corrected chi connectivity index (χ0v) is 13.9. The van der Waals surface area contributed by atoms with Crippen LogP contribution in [0.1, 0.15) is 45.5 Å². The first kappa shape index (κ1) is 15.3. The molecule has 1 atom stereocenters. The number of hydrogen-bond donors (Lipinski definition) is 2. The molecule has 0 saturated carbocycles. The van der Waals surface area contributed by atoms with E-state index < -0.39 is 5.60 Å². The van der Waals surface area contributed by atoms with E-state index in [1.807, 2.05) is 20.8 Å². The van der Waals surface area contributed by atoms with Crippen molar-refractivity contribution in [2.75, 3.05) is 19.6 Å². The van der Waals surface area contributed by atoms with Crippen molar-refractivity contribution in [1.29, 1.82) is 0 Å². The first-order chi connectivity index (χ1) is 10.4. The van der Waals surface area contributed by atoms with Crippen LogP contribution < -0.4 is 5.32 Å². The van der Waals surface area contributed by atoms with Crippen molar-refractivity contribution in [3.63, 3.8) is 0 Å². The van der Waals surface area contributed by atoms with Gasteiger partial charge in [0, 0.05) is 37.7 Å². The second-order valence-electron chi connectivity index (χ2n) is 7.31. The third-order valence-electron chi connectivity index (χ3n) is 4.74. The van der Waals surface area contributed by atoms with Gasteiger partial charge in [-0.25, -0.2) is 9.78 Å². The summed E-state index contributed by atoms with van der Waals surface area (Å²) in [7, 11) is 0. The molecule has 0 spiro atoms. The molecule has 1 saturated heterocycles. The van der Waals surface area contributed by atoms with Crippen LogP contribution in [0.25, 0.3) is 0 Å². The minimum absolute atomic E-state index is 0.119. The SMILES string of the molecule is CCC1(C2CN(C(=O)OC(C)(C)C)C2)NCCc2[nH]cnc21. The Hall–Kier alpha value is -1.56. The Morgan fingerprint density at radius 2 is 2.23 bits per heavy atom. The van der Waals surface area contributed by atoms with E-state index in [2.05, 4.69) is 22.2 Å². The Bertz CT molecular complexity index is 557. The second kappa shape index (κ2) is 5.26. The summed E-state index contributed by atoms with van der Waals surface area (Å²) in [4.78, 5) is 21.7. The number of aromatic amines is 1. The van der Waals surface area contributed by atoms with Crippen LogP contribution in [-0.2, 0) is 16.7 Å². The quantitative estimate of drug-likeness (QED) is 0.877. The Balaban J connectivity index is 1.71. The second-order valence-corrected chi connectivity index (χ2v) is 7.31. The van der Waals surface area contributed by atoms with E-state index in [0.29, 0.717) is 5.92 Å². The summed E-state index contributed by atoms with van der Waals surface area (Å²) < 4.78 is 5.44. The Kier molecular flexibility index (Phi) is 3.67. The summed E-state index contributed by atoms with van der Waals surface area (Å²) in [5.41, 5.74) is 1.81. The molecule has 3 heterocycles. The molecule has 0 bridgehead atoms. The number of rotatable bonds is 2. The van der Waals surface area contributed by atoms with E-state index in [0.717, 1.165) is 38.2 Å². The van der Waals surface area contributed by atoms with Crippen LogP contribution in [0.4, 0.5) is 4.79 Å². The lowest BCUT2D eigenvalue weighted by Gasteiger charge is -2.51. The van der Waals surface area contributed by atoms with Crippen LogP contribution >= 0.6 is 0 Å². The fourth-order valence-corrected chi connectivity index (χ4v) is 3.57. The average Bonchev–Trinajstić information content (AvgIpc) is 2.84. The number of likely N-dealkylation sites (tertiary alicyclic amines) is 1. The van der Waals surface area contributed by atoms with Gasteiger partial charge in [-0.1, -0.05) is 6.92 Å². The summed E-state index contributed by atoms with van der Waals surface area (Å²) >= 11 is 0. The molecule has 0 aliphatic carbocycles. The molecule has 1 unspecified atom stereocenters. The van der Waals surface area contributed by atoms with E-state index in [-0.39, 0.29) is 11.6 Å². The number of nitrogens with zero attached hydrogens (tertiary/aromatic N) is 2. The fourth-order valence-electron chi connectivity index (χ4n) is 3.57. The Morgan fingerprint density at radius 3 is 2.86 bits per heavy atom. The zero-order valence-electron chi connectivity index (χ0n) is 13.9. The molecule has 3 rings (SSSR count). The fraction of sp³-hybridized carbons (Fsp3) is 0.750. The van der Waals surface area contributed by atoms with Gasteiger partial charge in [0.1, 0.15) is 5.60 Å². The number of amides is 1. The van der Waals surface area contributed by atoms with Gasteiger partial charge in [-0.15, -0.1) is 0 Å². The predicted molar refractivity (Wildman–Crippen MR) is 83.6 cm³/mol. The highest BCUT2D eigenvalue weighted by molar-refractivity contribution is 5.69. The number of carbonyl (C=O) groups excluding carboxylic acids is 1. The van der Waals surface area contributed by atoms with Gasteiger partial charge in [-0.3, -0.25) is 0 Å². The van der Waals surface area contributed by atoms with Crippen molar-refractivity contribution in [3.8, 4) is 0 Å². The van der Waals surface area contributed by atoms with Gasteiger partial charge in [-0.05, 0) is 27.2 Å². The third-order valence-corrected chi connectivity index (χ3v) is 4.74. The third kappa shape index (κ3) is 2.49. The number of carbonyl (C=O) groups is 1. The molecule has 2 N–H and O–H groups in total. The van der Waals surface area contributed by atoms with Gasteiger partial charge in [0.2, 0.25) is 0 Å². The molecule has 2 aliphatic heterocycles. The number of fused-ring (bicyclic) bond motifs is 1. The van der Waals surface area contributed by atoms with Crippen LogP contribution in [0, 0.1) is 5.92 Å². The molecule has 22 heavy (non-hydrogen) atoms. The molecule has 2 aliphatic rings. The maximum Gasteiger partial charge on any atom is 0.410 e. The van der Waals surface area contributed by atoms with Crippen molar-refractivity contribution in [3.05, 3.63) is 17.7 Å². The van der Waals surface area contributed by atoms with Crippen LogP contribution in [0.3, 0.4) is 0 Å². The van der Waals surface area contributed by atoms with E-state index >= 15 is 0 Å². The van der Waals surface area contributed by atoms with Crippen LogP contribution in [0.5, 0.6) is 0 Å². The minimum atomic E-state index is -0.441. The average molecular weight is 306 g/mol. The number of nitrogens with one attached hydrogen (secondary N) is 2. The lowest BCUT2D eigenvalue weighted by atomic mass is 9.72. The first-order valence-corrected chi connectivity index (χ1v) is 8.11. The van der Waals surface area contributed by atoms with Gasteiger partial charge < -0.3 is 19.9 Å². The topological polar surface area (TPSA) is 70.2 Å². The van der Waals surface area contributed by atoms with Crippen molar-refractivity contribution < 1.29 is 9.53 Å². The minimum Gasteiger partial charge on any atom is -0.444 e. The summed E-state index contributed by atoms with van der Waals surface area (Å²) in [6, 6.07) is 0. The van der Waals surface area contributed by atoms with Gasteiger partial charge in [0.05, 0.1) is 17.6 Å². The maximum atomic E-state index is 12.1. The molecule has 6 heteroatoms. The zero-order chi connectivity index (χ0) is 16.0. The Morgan fingerprint density at radius 1 is 1.50 bits per heavy atom. The molecule has 1 amide bonds. The standard InChI is InChI=1S/C16H26N4O2/c1-5-16(13-12(6-7-19-16)17-10-18-13)11-8-20(9-11)14(21)22-15(2,3)4/h10-11,19H,5-9H2,1-4H3,(H,17,18). The molecule has 122 valence electrons. The van der Waals surface area contributed by atoms with Crippen LogP contribution in [-0.4, -0.2) is 46.2 Å².